The summed E-state index contributed by atoms with van der Waals surface area (Å²) in [4.78, 5) is 0. The van der Waals surface area contributed by atoms with E-state index in [1.165, 1.54) is 5.56 Å². The van der Waals surface area contributed by atoms with Gasteiger partial charge in [0.25, 0.3) is 0 Å². The molecule has 0 radical (unpaired) electrons. The van der Waals surface area contributed by atoms with E-state index < -0.39 is 0 Å². The first kappa shape index (κ1) is 10.7. The van der Waals surface area contributed by atoms with Gasteiger partial charge in [-0.1, -0.05) is 30.3 Å². The highest BCUT2D eigenvalue weighted by molar-refractivity contribution is 8.93. The molecule has 62 valence electrons. The first-order chi connectivity index (χ1) is 4.79. The molecule has 0 aliphatic heterocycles. The molecule has 11 heavy (non-hydrogen) atoms. The summed E-state index contributed by atoms with van der Waals surface area (Å²) in [6.07, 6.45) is 0.973. The maximum atomic E-state index is 5.62. The maximum absolute atomic E-state index is 5.62. The minimum absolute atomic E-state index is 0. The molecule has 2 N–H and O–H groups in total. The van der Waals surface area contributed by atoms with Crippen LogP contribution in [0.25, 0.3) is 0 Å². The molecule has 0 heterocycles. The minimum Gasteiger partial charge on any atom is -0.328 e. The lowest BCUT2D eigenvalue weighted by atomic mass is 10.1. The van der Waals surface area contributed by atoms with Gasteiger partial charge in [0.2, 0.25) is 0 Å². The summed E-state index contributed by atoms with van der Waals surface area (Å²) >= 11 is 0. The van der Waals surface area contributed by atoms with Crippen LogP contribution in [0.1, 0.15) is 12.5 Å². The van der Waals surface area contributed by atoms with Crippen molar-refractivity contribution in [3.8, 4) is 0 Å². The fourth-order valence-corrected chi connectivity index (χ4v) is 0.986. The number of benzene rings is 1. The smallest absolute Gasteiger partial charge is 0.00509 e. The number of rotatable bonds is 2. The van der Waals surface area contributed by atoms with Crippen molar-refractivity contribution in [1.82, 2.24) is 0 Å². The van der Waals surface area contributed by atoms with Crippen molar-refractivity contribution in [2.24, 2.45) is 5.73 Å². The summed E-state index contributed by atoms with van der Waals surface area (Å²) < 4.78 is 0. The topological polar surface area (TPSA) is 26.0 Å². The third kappa shape index (κ3) is 4.17. The monoisotopic (exact) mass is 215 g/mol. The van der Waals surface area contributed by atoms with Crippen molar-refractivity contribution in [3.05, 3.63) is 35.9 Å². The second-order valence-corrected chi connectivity index (χ2v) is 2.67. The van der Waals surface area contributed by atoms with Crippen LogP contribution in [0, 0.1) is 0 Å². The van der Waals surface area contributed by atoms with Gasteiger partial charge in [0.05, 0.1) is 0 Å². The fraction of sp³-hybridized carbons (Fsp3) is 0.333. The highest BCUT2D eigenvalue weighted by Gasteiger charge is 1.94. The van der Waals surface area contributed by atoms with Crippen molar-refractivity contribution in [1.29, 1.82) is 0 Å². The van der Waals surface area contributed by atoms with Gasteiger partial charge in [-0.05, 0) is 18.9 Å². The van der Waals surface area contributed by atoms with Crippen LogP contribution >= 0.6 is 17.0 Å². The number of hydrogen-bond donors (Lipinski definition) is 1. The lowest BCUT2D eigenvalue weighted by Gasteiger charge is -2.02. The maximum Gasteiger partial charge on any atom is 0.00509 e. The van der Waals surface area contributed by atoms with Crippen LogP contribution in [0.2, 0.25) is 0 Å². The highest BCUT2D eigenvalue weighted by atomic mass is 79.9. The van der Waals surface area contributed by atoms with Gasteiger partial charge in [-0.3, -0.25) is 0 Å². The molecule has 2 heteroatoms. The van der Waals surface area contributed by atoms with Gasteiger partial charge >= 0.3 is 0 Å². The molecule has 0 bridgehead atoms. The molecule has 0 spiro atoms. The Bertz CT molecular complexity index is 184. The van der Waals surface area contributed by atoms with Crippen LogP contribution in [0.3, 0.4) is 0 Å². The molecule has 0 amide bonds. The van der Waals surface area contributed by atoms with Crippen molar-refractivity contribution in [2.75, 3.05) is 0 Å². The van der Waals surface area contributed by atoms with Gasteiger partial charge in [-0.15, -0.1) is 17.0 Å². The van der Waals surface area contributed by atoms with Crippen LogP contribution in [0.5, 0.6) is 0 Å². The lowest BCUT2D eigenvalue weighted by Crippen LogP contribution is -2.17. The van der Waals surface area contributed by atoms with Gasteiger partial charge in [0.15, 0.2) is 0 Å². The van der Waals surface area contributed by atoms with Gasteiger partial charge in [0, 0.05) is 6.04 Å². The zero-order valence-corrected chi connectivity index (χ0v) is 8.37. The summed E-state index contributed by atoms with van der Waals surface area (Å²) in [5.74, 6) is 0. The number of halogens is 1. The number of nitrogens with two attached hydrogens (primary N) is 1. The Morgan fingerprint density at radius 2 is 1.82 bits per heavy atom. The molecule has 0 saturated heterocycles. The van der Waals surface area contributed by atoms with Crippen LogP contribution in [0.4, 0.5) is 0 Å². The van der Waals surface area contributed by atoms with E-state index in [1.54, 1.807) is 0 Å². The van der Waals surface area contributed by atoms with Crippen LogP contribution in [0.15, 0.2) is 30.3 Å². The molecule has 0 saturated carbocycles. The van der Waals surface area contributed by atoms with E-state index >= 15 is 0 Å². The normalized spacial score (nSPS) is 11.8. The summed E-state index contributed by atoms with van der Waals surface area (Å²) in [5, 5.41) is 0. The summed E-state index contributed by atoms with van der Waals surface area (Å²) in [6.45, 7) is 2.02. The van der Waals surface area contributed by atoms with Crippen molar-refractivity contribution >= 4 is 17.0 Å². The molecule has 1 atom stereocenters. The Kier molecular flexibility index (Phi) is 5.16. The van der Waals surface area contributed by atoms with E-state index in [-0.39, 0.29) is 23.0 Å². The van der Waals surface area contributed by atoms with E-state index in [4.69, 9.17) is 5.73 Å². The van der Waals surface area contributed by atoms with Crippen molar-refractivity contribution in [3.63, 3.8) is 0 Å². The predicted molar refractivity (Wildman–Crippen MR) is 54.1 cm³/mol. The van der Waals surface area contributed by atoms with E-state index in [0.717, 1.165) is 6.42 Å². The minimum atomic E-state index is 0. The molecule has 0 aromatic heterocycles. The molecule has 1 nitrogen and oxygen atoms in total. The summed E-state index contributed by atoms with van der Waals surface area (Å²) in [6, 6.07) is 10.6. The quantitative estimate of drug-likeness (QED) is 0.805. The largest absolute Gasteiger partial charge is 0.328 e. The second kappa shape index (κ2) is 5.33. The molecule has 0 aliphatic carbocycles. The summed E-state index contributed by atoms with van der Waals surface area (Å²) in [5.41, 5.74) is 6.94. The molecule has 1 rings (SSSR count). The van der Waals surface area contributed by atoms with Gasteiger partial charge < -0.3 is 5.73 Å². The Morgan fingerprint density at radius 1 is 1.27 bits per heavy atom. The molecule has 1 aromatic carbocycles. The molecule has 0 aliphatic rings. The van der Waals surface area contributed by atoms with Crippen molar-refractivity contribution in [2.45, 2.75) is 19.4 Å². The first-order valence-electron chi connectivity index (χ1n) is 3.58. The van der Waals surface area contributed by atoms with Crippen LogP contribution in [-0.4, -0.2) is 6.04 Å². The number of hydrogen-bond acceptors (Lipinski definition) is 1. The molecule has 0 fully saturated rings. The zero-order valence-electron chi connectivity index (χ0n) is 6.66. The second-order valence-electron chi connectivity index (χ2n) is 2.67. The Morgan fingerprint density at radius 3 is 2.27 bits per heavy atom. The average molecular weight is 216 g/mol. The lowest BCUT2D eigenvalue weighted by molar-refractivity contribution is 0.738. The molecule has 0 unspecified atom stereocenters. The van der Waals surface area contributed by atoms with Gasteiger partial charge in [-0.25, -0.2) is 0 Å². The first-order valence-corrected chi connectivity index (χ1v) is 3.58. The van der Waals surface area contributed by atoms with Crippen LogP contribution in [-0.2, 0) is 6.42 Å². The Hall–Kier alpha value is -0.340. The third-order valence-electron chi connectivity index (χ3n) is 1.40. The van der Waals surface area contributed by atoms with E-state index in [2.05, 4.69) is 12.1 Å². The summed E-state index contributed by atoms with van der Waals surface area (Å²) in [7, 11) is 0. The fourth-order valence-electron chi connectivity index (χ4n) is 0.986. The van der Waals surface area contributed by atoms with Crippen molar-refractivity contribution < 1.29 is 0 Å². The Balaban J connectivity index is 0.000001000. The average Bonchev–Trinajstić information content (AvgIpc) is 1.88. The van der Waals surface area contributed by atoms with E-state index in [0.29, 0.717) is 0 Å². The SMILES string of the molecule is Br.C[C@H](N)Cc1ccccc1. The van der Waals surface area contributed by atoms with E-state index in [9.17, 15) is 0 Å². The predicted octanol–water partition coefficient (Wildman–Crippen LogP) is 2.15. The van der Waals surface area contributed by atoms with Gasteiger partial charge in [-0.2, -0.15) is 0 Å². The molecule has 1 aromatic rings. The highest BCUT2D eigenvalue weighted by Crippen LogP contribution is 2.00. The Labute approximate surface area is 78.4 Å². The van der Waals surface area contributed by atoms with Crippen LogP contribution < -0.4 is 5.73 Å². The standard InChI is InChI=1S/C9H13N.BrH/c1-8(10)7-9-5-3-2-4-6-9;/h2-6,8H,7,10H2,1H3;1H/t8-;/m0./s1. The zero-order chi connectivity index (χ0) is 7.40. The molecular formula is C9H14BrN. The van der Waals surface area contributed by atoms with Gasteiger partial charge in [0.1, 0.15) is 0 Å². The third-order valence-corrected chi connectivity index (χ3v) is 1.40. The van der Waals surface area contributed by atoms with E-state index in [1.807, 2.05) is 25.1 Å². The molecular weight excluding hydrogens is 202 g/mol.